The van der Waals surface area contributed by atoms with Crippen molar-refractivity contribution in [3.63, 3.8) is 0 Å². The molecule has 0 fully saturated rings. The molecule has 2 N–H and O–H groups in total. The van der Waals surface area contributed by atoms with Gasteiger partial charge in [-0.05, 0) is 23.5 Å². The van der Waals surface area contributed by atoms with Crippen LogP contribution in [0, 0.1) is 5.41 Å². The van der Waals surface area contributed by atoms with Gasteiger partial charge in [0.25, 0.3) is 0 Å². The van der Waals surface area contributed by atoms with E-state index < -0.39 is 0 Å². The van der Waals surface area contributed by atoms with Crippen LogP contribution in [0.5, 0.6) is 0 Å². The van der Waals surface area contributed by atoms with E-state index in [-0.39, 0.29) is 12.0 Å². The lowest BCUT2D eigenvalue weighted by atomic mass is 9.90. The van der Waals surface area contributed by atoms with Crippen molar-refractivity contribution in [2.45, 2.75) is 26.8 Å². The van der Waals surface area contributed by atoms with Gasteiger partial charge in [0.1, 0.15) is 0 Å². The quantitative estimate of drug-likeness (QED) is 0.803. The van der Waals surface area contributed by atoms with Gasteiger partial charge in [-0.25, -0.2) is 0 Å². The van der Waals surface area contributed by atoms with E-state index in [1.54, 1.807) is 0 Å². The average Bonchev–Trinajstić information content (AvgIpc) is 2.20. The van der Waals surface area contributed by atoms with Crippen LogP contribution in [0.15, 0.2) is 24.3 Å². The molecule has 3 heteroatoms. The Labute approximate surface area is 103 Å². The first-order valence-corrected chi connectivity index (χ1v) is 5.98. The zero-order valence-electron chi connectivity index (χ0n) is 9.96. The van der Waals surface area contributed by atoms with Crippen LogP contribution in [-0.4, -0.2) is 18.3 Å². The molecule has 90 valence electrons. The lowest BCUT2D eigenvalue weighted by molar-refractivity contribution is 0.207. The third-order valence-electron chi connectivity index (χ3n) is 2.67. The van der Waals surface area contributed by atoms with Crippen LogP contribution in [0.25, 0.3) is 0 Å². The second-order valence-electron chi connectivity index (χ2n) is 4.83. The third kappa shape index (κ3) is 4.52. The Morgan fingerprint density at radius 2 is 2.00 bits per heavy atom. The molecule has 0 heterocycles. The molecule has 1 aromatic carbocycles. The molecular formula is C13H20ClNO. The molecule has 0 saturated carbocycles. The highest BCUT2D eigenvalue weighted by molar-refractivity contribution is 6.31. The van der Waals surface area contributed by atoms with Crippen LogP contribution in [0.3, 0.4) is 0 Å². The predicted molar refractivity (Wildman–Crippen MR) is 68.6 cm³/mol. The van der Waals surface area contributed by atoms with E-state index >= 15 is 0 Å². The van der Waals surface area contributed by atoms with Crippen LogP contribution in [0.2, 0.25) is 5.02 Å². The number of aliphatic hydroxyl groups is 1. The standard InChI is InChI=1S/C13H20ClNO/c1-13(2,7-8-16)10-15-9-11-5-3-4-6-12(11)14/h3-6,15-16H,7-10H2,1-2H3. The summed E-state index contributed by atoms with van der Waals surface area (Å²) < 4.78 is 0. The average molecular weight is 242 g/mol. The van der Waals surface area contributed by atoms with E-state index in [1.807, 2.05) is 24.3 Å². The maximum atomic E-state index is 8.91. The Hall–Kier alpha value is -0.570. The van der Waals surface area contributed by atoms with Crippen molar-refractivity contribution in [2.24, 2.45) is 5.41 Å². The molecule has 16 heavy (non-hydrogen) atoms. The van der Waals surface area contributed by atoms with Gasteiger partial charge in [0.05, 0.1) is 0 Å². The number of hydrogen-bond donors (Lipinski definition) is 2. The first-order chi connectivity index (χ1) is 7.55. The molecule has 2 nitrogen and oxygen atoms in total. The van der Waals surface area contributed by atoms with Gasteiger partial charge in [-0.2, -0.15) is 0 Å². The zero-order valence-corrected chi connectivity index (χ0v) is 10.7. The van der Waals surface area contributed by atoms with Gasteiger partial charge in [0, 0.05) is 24.7 Å². The fourth-order valence-electron chi connectivity index (χ4n) is 1.57. The van der Waals surface area contributed by atoms with E-state index in [9.17, 15) is 0 Å². The summed E-state index contributed by atoms with van der Waals surface area (Å²) in [5.74, 6) is 0. The van der Waals surface area contributed by atoms with Crippen LogP contribution < -0.4 is 5.32 Å². The summed E-state index contributed by atoms with van der Waals surface area (Å²) in [6.07, 6.45) is 0.808. The Morgan fingerprint density at radius 1 is 1.31 bits per heavy atom. The topological polar surface area (TPSA) is 32.3 Å². The second-order valence-corrected chi connectivity index (χ2v) is 5.24. The molecule has 1 rings (SSSR count). The van der Waals surface area contributed by atoms with E-state index in [1.165, 1.54) is 0 Å². The molecule has 0 atom stereocenters. The summed E-state index contributed by atoms with van der Waals surface area (Å²) in [6, 6.07) is 7.84. The summed E-state index contributed by atoms with van der Waals surface area (Å²) in [5.41, 5.74) is 1.24. The summed E-state index contributed by atoms with van der Waals surface area (Å²) in [7, 11) is 0. The van der Waals surface area contributed by atoms with Crippen molar-refractivity contribution in [3.8, 4) is 0 Å². The van der Waals surface area contributed by atoms with Crippen molar-refractivity contribution >= 4 is 11.6 Å². The van der Waals surface area contributed by atoms with Crippen molar-refractivity contribution in [1.82, 2.24) is 5.32 Å². The van der Waals surface area contributed by atoms with Crippen LogP contribution in [-0.2, 0) is 6.54 Å². The Bertz CT molecular complexity index is 325. The van der Waals surface area contributed by atoms with E-state index in [0.29, 0.717) is 0 Å². The summed E-state index contributed by atoms with van der Waals surface area (Å²) in [6.45, 7) is 6.17. The Morgan fingerprint density at radius 3 is 2.62 bits per heavy atom. The number of halogens is 1. The molecule has 0 unspecified atom stereocenters. The molecule has 0 aromatic heterocycles. The molecule has 0 bridgehead atoms. The van der Waals surface area contributed by atoms with E-state index in [4.69, 9.17) is 16.7 Å². The molecule has 1 aromatic rings. The normalized spacial score (nSPS) is 11.8. The van der Waals surface area contributed by atoms with Gasteiger partial charge in [0.15, 0.2) is 0 Å². The highest BCUT2D eigenvalue weighted by Crippen LogP contribution is 2.19. The smallest absolute Gasteiger partial charge is 0.0450 e. The van der Waals surface area contributed by atoms with Crippen LogP contribution in [0.4, 0.5) is 0 Å². The van der Waals surface area contributed by atoms with E-state index in [2.05, 4.69) is 19.2 Å². The number of aliphatic hydroxyl groups excluding tert-OH is 1. The number of benzene rings is 1. The highest BCUT2D eigenvalue weighted by Gasteiger charge is 2.16. The SMILES string of the molecule is CC(C)(CCO)CNCc1ccccc1Cl. The van der Waals surface area contributed by atoms with Gasteiger partial charge >= 0.3 is 0 Å². The van der Waals surface area contributed by atoms with Crippen molar-refractivity contribution in [3.05, 3.63) is 34.9 Å². The molecule has 0 spiro atoms. The Balaban J connectivity index is 2.39. The number of hydrogen-bond acceptors (Lipinski definition) is 2. The predicted octanol–water partition coefficient (Wildman–Crippen LogP) is 2.84. The van der Waals surface area contributed by atoms with Gasteiger partial charge < -0.3 is 10.4 Å². The van der Waals surface area contributed by atoms with Gasteiger partial charge in [0.2, 0.25) is 0 Å². The summed E-state index contributed by atoms with van der Waals surface area (Å²) >= 11 is 6.06. The molecule has 0 aliphatic rings. The molecule has 0 amide bonds. The Kier molecular flexibility index (Phi) is 5.26. The minimum atomic E-state index is 0.121. The number of rotatable bonds is 6. The first kappa shape index (κ1) is 13.5. The van der Waals surface area contributed by atoms with Gasteiger partial charge in [-0.3, -0.25) is 0 Å². The molecule has 0 saturated heterocycles. The molecule has 0 aliphatic carbocycles. The number of nitrogens with one attached hydrogen (secondary N) is 1. The lowest BCUT2D eigenvalue weighted by Gasteiger charge is -2.24. The fraction of sp³-hybridized carbons (Fsp3) is 0.538. The van der Waals surface area contributed by atoms with Crippen molar-refractivity contribution < 1.29 is 5.11 Å². The molecule has 0 radical (unpaired) electrons. The first-order valence-electron chi connectivity index (χ1n) is 5.60. The second kappa shape index (κ2) is 6.24. The summed E-state index contributed by atoms with van der Waals surface area (Å²) in [5, 5.41) is 13.1. The monoisotopic (exact) mass is 241 g/mol. The molecular weight excluding hydrogens is 222 g/mol. The summed E-state index contributed by atoms with van der Waals surface area (Å²) in [4.78, 5) is 0. The van der Waals surface area contributed by atoms with Gasteiger partial charge in [-0.1, -0.05) is 43.6 Å². The van der Waals surface area contributed by atoms with Crippen molar-refractivity contribution in [2.75, 3.05) is 13.2 Å². The fourth-order valence-corrected chi connectivity index (χ4v) is 1.77. The minimum Gasteiger partial charge on any atom is -0.396 e. The zero-order chi connectivity index (χ0) is 12.0. The van der Waals surface area contributed by atoms with Gasteiger partial charge in [-0.15, -0.1) is 0 Å². The largest absolute Gasteiger partial charge is 0.396 e. The highest BCUT2D eigenvalue weighted by atomic mass is 35.5. The van der Waals surface area contributed by atoms with Crippen molar-refractivity contribution in [1.29, 1.82) is 0 Å². The van der Waals surface area contributed by atoms with Crippen LogP contribution >= 0.6 is 11.6 Å². The lowest BCUT2D eigenvalue weighted by Crippen LogP contribution is -2.29. The maximum Gasteiger partial charge on any atom is 0.0450 e. The third-order valence-corrected chi connectivity index (χ3v) is 3.03. The molecule has 0 aliphatic heterocycles. The minimum absolute atomic E-state index is 0.121. The van der Waals surface area contributed by atoms with Crippen LogP contribution in [0.1, 0.15) is 25.8 Å². The maximum absolute atomic E-state index is 8.91. The van der Waals surface area contributed by atoms with E-state index in [0.717, 1.165) is 30.1 Å².